The molecule has 2 aromatic carbocycles. The largest absolute Gasteiger partial charge is 0.461 e. The number of rotatable bonds is 14. The first kappa shape index (κ1) is 34.6. The highest BCUT2D eigenvalue weighted by Crippen LogP contribution is 2.22. The Kier molecular flexibility index (Phi) is 13.1. The van der Waals surface area contributed by atoms with E-state index >= 15 is 0 Å². The van der Waals surface area contributed by atoms with Gasteiger partial charge in [-0.15, -0.1) is 0 Å². The van der Waals surface area contributed by atoms with Crippen molar-refractivity contribution in [1.29, 1.82) is 0 Å². The summed E-state index contributed by atoms with van der Waals surface area (Å²) in [6.07, 6.45) is 2.97. The third-order valence-electron chi connectivity index (χ3n) is 8.25. The number of carbonyl (C=O) groups is 5. The van der Waals surface area contributed by atoms with Crippen molar-refractivity contribution in [2.45, 2.75) is 83.7 Å². The summed E-state index contributed by atoms with van der Waals surface area (Å²) in [5.41, 5.74) is 1.57. The van der Waals surface area contributed by atoms with Crippen LogP contribution in [0.2, 0.25) is 0 Å². The average Bonchev–Trinajstić information content (AvgIpc) is 3.61. The van der Waals surface area contributed by atoms with Gasteiger partial charge in [-0.2, -0.15) is 0 Å². The Labute approximate surface area is 270 Å². The molecule has 0 aromatic heterocycles. The Morgan fingerprint density at radius 2 is 1.43 bits per heavy atom. The van der Waals surface area contributed by atoms with Crippen LogP contribution in [0.4, 0.5) is 0 Å². The summed E-state index contributed by atoms with van der Waals surface area (Å²) in [5, 5.41) is 8.58. The summed E-state index contributed by atoms with van der Waals surface area (Å²) >= 11 is 0. The van der Waals surface area contributed by atoms with Crippen molar-refractivity contribution in [3.63, 3.8) is 0 Å². The minimum atomic E-state index is -1.35. The van der Waals surface area contributed by atoms with Crippen molar-refractivity contribution >= 4 is 29.7 Å². The lowest BCUT2D eigenvalue weighted by molar-refractivity contribution is -0.150. The molecule has 0 saturated carbocycles. The fourth-order valence-corrected chi connectivity index (χ4v) is 5.82. The van der Waals surface area contributed by atoms with Crippen molar-refractivity contribution in [3.05, 3.63) is 71.8 Å². The van der Waals surface area contributed by atoms with Gasteiger partial charge in [-0.25, -0.2) is 4.79 Å². The van der Waals surface area contributed by atoms with Crippen molar-refractivity contribution in [3.8, 4) is 0 Å². The molecule has 3 N–H and O–H groups in total. The van der Waals surface area contributed by atoms with Gasteiger partial charge in [0.2, 0.25) is 17.7 Å². The molecule has 0 bridgehead atoms. The molecule has 0 aliphatic carbocycles. The van der Waals surface area contributed by atoms with E-state index in [2.05, 4.69) is 16.0 Å². The summed E-state index contributed by atoms with van der Waals surface area (Å²) in [4.78, 5) is 68.6. The van der Waals surface area contributed by atoms with Crippen molar-refractivity contribution < 1.29 is 33.4 Å². The van der Waals surface area contributed by atoms with Crippen LogP contribution >= 0.6 is 0 Å². The van der Waals surface area contributed by atoms with Gasteiger partial charge in [0.15, 0.2) is 0 Å². The van der Waals surface area contributed by atoms with Crippen LogP contribution in [0.1, 0.15) is 63.5 Å². The van der Waals surface area contributed by atoms with E-state index in [1.807, 2.05) is 74.5 Å². The van der Waals surface area contributed by atoms with E-state index in [1.54, 1.807) is 4.90 Å². The summed E-state index contributed by atoms with van der Waals surface area (Å²) in [6.45, 7) is 5.74. The number of amides is 3. The number of piperidine rings is 1. The van der Waals surface area contributed by atoms with Gasteiger partial charge in [-0.05, 0) is 55.7 Å². The molecule has 2 aliphatic rings. The molecule has 46 heavy (non-hydrogen) atoms. The molecule has 2 fully saturated rings. The third kappa shape index (κ3) is 10.4. The molecular weight excluding hydrogens is 588 g/mol. The zero-order valence-electron chi connectivity index (χ0n) is 26.7. The second kappa shape index (κ2) is 17.4. The molecule has 248 valence electrons. The minimum Gasteiger partial charge on any atom is -0.461 e. The zero-order valence-corrected chi connectivity index (χ0v) is 26.7. The van der Waals surface area contributed by atoms with Crippen LogP contribution in [0.15, 0.2) is 60.7 Å². The number of hydrogen-bond acceptors (Lipinski definition) is 8. The van der Waals surface area contributed by atoms with Crippen LogP contribution < -0.4 is 16.0 Å². The normalized spacial score (nSPS) is 19.2. The molecule has 0 spiro atoms. The molecule has 4 rings (SSSR count). The van der Waals surface area contributed by atoms with Gasteiger partial charge < -0.3 is 30.3 Å². The lowest BCUT2D eigenvalue weighted by atomic mass is 9.88. The molecule has 3 amide bonds. The van der Waals surface area contributed by atoms with E-state index in [0.29, 0.717) is 26.1 Å². The van der Waals surface area contributed by atoms with Crippen LogP contribution in [-0.4, -0.2) is 72.3 Å². The highest BCUT2D eigenvalue weighted by atomic mass is 16.5. The number of likely N-dealkylation sites (tertiary alicyclic amines) is 1. The second-order valence-corrected chi connectivity index (χ2v) is 12.4. The highest BCUT2D eigenvalue weighted by Gasteiger charge is 2.40. The number of nitrogens with zero attached hydrogens (tertiary/aromatic N) is 1. The monoisotopic (exact) mass is 634 g/mol. The summed E-state index contributed by atoms with van der Waals surface area (Å²) in [5.74, 6) is -3.22. The first-order chi connectivity index (χ1) is 22.2. The maximum Gasteiger partial charge on any atom is 0.328 e. The summed E-state index contributed by atoms with van der Waals surface area (Å²) in [7, 11) is 0. The van der Waals surface area contributed by atoms with E-state index in [9.17, 15) is 24.0 Å². The Morgan fingerprint density at radius 3 is 2.04 bits per heavy atom. The standard InChI is InChI=1S/C35H46N4O7/c1-24(2)20-29(35(44)46-23-26-14-7-4-8-15-26)38-32(41)28(21-30(40)45-22-25-12-5-3-6-13-25)37-33(42)31-27(16-11-17-36-31)34(43)39-18-9-10-19-39/h3-8,12-15,24,27-29,31,36H,9-11,16-23H2,1-2H3,(H,37,42)(H,38,41)/t27-,28-,29-,31+/m0/s1. The highest BCUT2D eigenvalue weighted by molar-refractivity contribution is 5.96. The second-order valence-electron chi connectivity index (χ2n) is 12.4. The predicted molar refractivity (Wildman–Crippen MR) is 171 cm³/mol. The van der Waals surface area contributed by atoms with Crippen molar-refractivity contribution in [2.24, 2.45) is 11.8 Å². The molecule has 11 heteroatoms. The molecule has 4 atom stereocenters. The first-order valence-corrected chi connectivity index (χ1v) is 16.2. The molecule has 0 unspecified atom stereocenters. The third-order valence-corrected chi connectivity index (χ3v) is 8.25. The smallest absolute Gasteiger partial charge is 0.328 e. The SMILES string of the molecule is CC(C)C[C@H](NC(=O)[C@H](CC(=O)OCc1ccccc1)NC(=O)[C@@H]1NCCC[C@@H]1C(=O)N1CCCC1)C(=O)OCc1ccccc1. The lowest BCUT2D eigenvalue weighted by Crippen LogP contribution is -2.60. The number of hydrogen-bond donors (Lipinski definition) is 3. The fraction of sp³-hybridized carbons (Fsp3) is 0.514. The van der Waals surface area contributed by atoms with Crippen LogP contribution in [0.25, 0.3) is 0 Å². The van der Waals surface area contributed by atoms with Gasteiger partial charge in [0.1, 0.15) is 25.3 Å². The Bertz CT molecular complexity index is 1310. The Morgan fingerprint density at radius 1 is 0.826 bits per heavy atom. The van der Waals surface area contributed by atoms with E-state index in [-0.39, 0.29) is 31.5 Å². The maximum atomic E-state index is 13.7. The van der Waals surface area contributed by atoms with Crippen LogP contribution in [0, 0.1) is 11.8 Å². The number of esters is 2. The predicted octanol–water partition coefficient (Wildman–Crippen LogP) is 2.87. The van der Waals surface area contributed by atoms with Gasteiger partial charge in [0.25, 0.3) is 0 Å². The topological polar surface area (TPSA) is 143 Å². The Hall–Kier alpha value is -4.25. The quantitative estimate of drug-likeness (QED) is 0.269. The summed E-state index contributed by atoms with van der Waals surface area (Å²) < 4.78 is 10.9. The number of benzene rings is 2. The molecule has 2 aliphatic heterocycles. The van der Waals surface area contributed by atoms with Gasteiger partial charge in [0, 0.05) is 13.1 Å². The summed E-state index contributed by atoms with van der Waals surface area (Å²) in [6, 6.07) is 15.1. The van der Waals surface area contributed by atoms with E-state index in [0.717, 1.165) is 30.4 Å². The lowest BCUT2D eigenvalue weighted by Gasteiger charge is -2.34. The van der Waals surface area contributed by atoms with Crippen LogP contribution in [-0.2, 0) is 46.7 Å². The number of carbonyl (C=O) groups excluding carboxylic acids is 5. The molecule has 2 saturated heterocycles. The molecule has 0 radical (unpaired) electrons. The first-order valence-electron chi connectivity index (χ1n) is 16.2. The van der Waals surface area contributed by atoms with Crippen LogP contribution in [0.5, 0.6) is 0 Å². The Balaban J connectivity index is 1.47. The molecule has 2 heterocycles. The van der Waals surface area contributed by atoms with Crippen molar-refractivity contribution in [1.82, 2.24) is 20.9 Å². The number of ether oxygens (including phenoxy) is 2. The average molecular weight is 635 g/mol. The van der Waals surface area contributed by atoms with E-state index < -0.39 is 54.2 Å². The number of nitrogens with one attached hydrogen (secondary N) is 3. The van der Waals surface area contributed by atoms with Gasteiger partial charge in [0.05, 0.1) is 18.4 Å². The van der Waals surface area contributed by atoms with Gasteiger partial charge in [-0.3, -0.25) is 19.2 Å². The van der Waals surface area contributed by atoms with Crippen molar-refractivity contribution in [2.75, 3.05) is 19.6 Å². The van der Waals surface area contributed by atoms with Gasteiger partial charge in [-0.1, -0.05) is 74.5 Å². The molecular formula is C35H46N4O7. The fourth-order valence-electron chi connectivity index (χ4n) is 5.82. The molecule has 2 aromatic rings. The van der Waals surface area contributed by atoms with Crippen LogP contribution in [0.3, 0.4) is 0 Å². The zero-order chi connectivity index (χ0) is 32.9. The minimum absolute atomic E-state index is 0.000334. The molecule has 11 nitrogen and oxygen atoms in total. The maximum absolute atomic E-state index is 13.7. The van der Waals surface area contributed by atoms with E-state index in [1.165, 1.54) is 0 Å². The van der Waals surface area contributed by atoms with E-state index in [4.69, 9.17) is 9.47 Å². The van der Waals surface area contributed by atoms with Gasteiger partial charge >= 0.3 is 11.9 Å².